The fraction of sp³-hybridized carbons (Fsp3) is 0.450. The van der Waals surface area contributed by atoms with Gasteiger partial charge in [0, 0.05) is 31.0 Å². The van der Waals surface area contributed by atoms with E-state index in [2.05, 4.69) is 34.2 Å². The second kappa shape index (κ2) is 7.07. The van der Waals surface area contributed by atoms with Crippen molar-refractivity contribution in [2.45, 2.75) is 38.8 Å². The molecule has 2 aliphatic rings. The van der Waals surface area contributed by atoms with Crippen LogP contribution in [0.1, 0.15) is 44.5 Å². The van der Waals surface area contributed by atoms with Crippen molar-refractivity contribution in [2.75, 3.05) is 18.7 Å². The van der Waals surface area contributed by atoms with Crippen molar-refractivity contribution in [2.24, 2.45) is 5.92 Å². The predicted octanol–water partition coefficient (Wildman–Crippen LogP) is 3.18. The SMILES string of the molecule is CC(C)n1nccc1[C@@H]1OCCC[C@H]1C(=O)Nc1nc2cc3c(cc2[nH]1)OCO3. The van der Waals surface area contributed by atoms with E-state index in [-0.39, 0.29) is 30.8 Å². The zero-order valence-electron chi connectivity index (χ0n) is 16.3. The first kappa shape index (κ1) is 18.0. The van der Waals surface area contributed by atoms with Crippen LogP contribution >= 0.6 is 0 Å². The highest BCUT2D eigenvalue weighted by atomic mass is 16.7. The summed E-state index contributed by atoms with van der Waals surface area (Å²) < 4.78 is 18.7. The lowest BCUT2D eigenvalue weighted by Gasteiger charge is -2.31. The second-order valence-electron chi connectivity index (χ2n) is 7.63. The molecule has 0 bridgehead atoms. The average molecular weight is 397 g/mol. The van der Waals surface area contributed by atoms with Gasteiger partial charge in [0.1, 0.15) is 6.10 Å². The van der Waals surface area contributed by atoms with E-state index in [0.29, 0.717) is 29.6 Å². The number of nitrogens with zero attached hydrogens (tertiary/aromatic N) is 3. The number of ether oxygens (including phenoxy) is 3. The quantitative estimate of drug-likeness (QED) is 0.701. The minimum absolute atomic E-state index is 0.120. The first-order chi connectivity index (χ1) is 14.1. The highest BCUT2D eigenvalue weighted by Gasteiger charge is 2.35. The van der Waals surface area contributed by atoms with Crippen LogP contribution in [0, 0.1) is 5.92 Å². The highest BCUT2D eigenvalue weighted by molar-refractivity contribution is 5.93. The number of fused-ring (bicyclic) bond motifs is 2. The van der Waals surface area contributed by atoms with Crippen molar-refractivity contribution in [3.8, 4) is 11.5 Å². The van der Waals surface area contributed by atoms with E-state index in [1.807, 2.05) is 16.8 Å². The van der Waals surface area contributed by atoms with Gasteiger partial charge >= 0.3 is 0 Å². The molecule has 2 N–H and O–H groups in total. The minimum Gasteiger partial charge on any atom is -0.454 e. The second-order valence-corrected chi connectivity index (χ2v) is 7.63. The van der Waals surface area contributed by atoms with Crippen molar-refractivity contribution >= 4 is 22.9 Å². The number of aromatic amines is 1. The molecule has 9 nitrogen and oxygen atoms in total. The number of nitrogens with one attached hydrogen (secondary N) is 2. The monoisotopic (exact) mass is 397 g/mol. The molecule has 1 aromatic carbocycles. The Balaban J connectivity index is 1.39. The molecule has 2 aliphatic heterocycles. The third-order valence-electron chi connectivity index (χ3n) is 5.36. The lowest BCUT2D eigenvalue weighted by molar-refractivity contribution is -0.129. The Bertz CT molecular complexity index is 1020. The topological polar surface area (TPSA) is 103 Å². The van der Waals surface area contributed by atoms with Crippen LogP contribution in [-0.2, 0) is 9.53 Å². The summed E-state index contributed by atoms with van der Waals surface area (Å²) in [4.78, 5) is 20.7. The summed E-state index contributed by atoms with van der Waals surface area (Å²) in [5.41, 5.74) is 2.41. The molecule has 0 radical (unpaired) electrons. The molecule has 2 aromatic heterocycles. The van der Waals surface area contributed by atoms with Gasteiger partial charge in [-0.1, -0.05) is 0 Å². The molecule has 1 fully saturated rings. The lowest BCUT2D eigenvalue weighted by Crippen LogP contribution is -2.34. The normalized spacial score (nSPS) is 21.1. The van der Waals surface area contributed by atoms with Crippen LogP contribution in [0.25, 0.3) is 11.0 Å². The van der Waals surface area contributed by atoms with Crippen LogP contribution in [0.5, 0.6) is 11.5 Å². The molecule has 0 aliphatic carbocycles. The maximum atomic E-state index is 13.1. The number of benzene rings is 1. The zero-order valence-corrected chi connectivity index (χ0v) is 16.3. The van der Waals surface area contributed by atoms with Gasteiger partial charge in [-0.15, -0.1) is 0 Å². The third kappa shape index (κ3) is 3.21. The number of carbonyl (C=O) groups is 1. The largest absolute Gasteiger partial charge is 0.454 e. The van der Waals surface area contributed by atoms with Crippen molar-refractivity contribution < 1.29 is 19.0 Å². The number of imidazole rings is 1. The molecule has 2 atom stereocenters. The standard InChI is InChI=1S/C20H23N5O4/c1-11(2)25-15(5-6-21-25)18-12(4-3-7-27-18)19(26)24-20-22-13-8-16-17(29-10-28-16)9-14(13)23-20/h5-6,8-9,11-12,18H,3-4,7,10H2,1-2H3,(H2,22,23,24,26)/t12-,18-/m1/s1. The fourth-order valence-electron chi connectivity index (χ4n) is 3.99. The number of anilines is 1. The molecule has 1 amide bonds. The smallest absolute Gasteiger partial charge is 0.232 e. The molecule has 152 valence electrons. The van der Waals surface area contributed by atoms with Gasteiger partial charge in [0.05, 0.1) is 22.6 Å². The molecule has 0 unspecified atom stereocenters. The zero-order chi connectivity index (χ0) is 20.0. The Morgan fingerprint density at radius 1 is 1.31 bits per heavy atom. The number of rotatable bonds is 4. The lowest BCUT2D eigenvalue weighted by atomic mass is 9.91. The van der Waals surface area contributed by atoms with Gasteiger partial charge in [-0.2, -0.15) is 5.10 Å². The van der Waals surface area contributed by atoms with Crippen LogP contribution in [0.2, 0.25) is 0 Å². The molecule has 9 heteroatoms. The van der Waals surface area contributed by atoms with Crippen LogP contribution in [-0.4, -0.2) is 39.1 Å². The summed E-state index contributed by atoms with van der Waals surface area (Å²) in [5, 5.41) is 7.31. The number of carbonyl (C=O) groups excluding carboxylic acids is 1. The summed E-state index contributed by atoms with van der Waals surface area (Å²) in [5.74, 6) is 1.29. The van der Waals surface area contributed by atoms with E-state index in [4.69, 9.17) is 14.2 Å². The molecular formula is C20H23N5O4. The number of hydrogen-bond acceptors (Lipinski definition) is 6. The number of aromatic nitrogens is 4. The van der Waals surface area contributed by atoms with Crippen LogP contribution < -0.4 is 14.8 Å². The number of amides is 1. The maximum Gasteiger partial charge on any atom is 0.232 e. The maximum absolute atomic E-state index is 13.1. The summed E-state index contributed by atoms with van der Waals surface area (Å²) in [7, 11) is 0. The van der Waals surface area contributed by atoms with E-state index >= 15 is 0 Å². The van der Waals surface area contributed by atoms with Gasteiger partial charge in [0.25, 0.3) is 0 Å². The molecule has 3 aromatic rings. The van der Waals surface area contributed by atoms with Crippen LogP contribution in [0.3, 0.4) is 0 Å². The molecule has 1 saturated heterocycles. The Labute approximate surface area is 167 Å². The number of hydrogen-bond donors (Lipinski definition) is 2. The van der Waals surface area contributed by atoms with Crippen molar-refractivity contribution in [1.82, 2.24) is 19.7 Å². The van der Waals surface area contributed by atoms with Crippen molar-refractivity contribution in [3.63, 3.8) is 0 Å². The summed E-state index contributed by atoms with van der Waals surface area (Å²) in [6, 6.07) is 5.75. The van der Waals surface area contributed by atoms with Gasteiger partial charge in [0.15, 0.2) is 11.5 Å². The third-order valence-corrected chi connectivity index (χ3v) is 5.36. The van der Waals surface area contributed by atoms with Crippen molar-refractivity contribution in [1.29, 1.82) is 0 Å². The van der Waals surface area contributed by atoms with Gasteiger partial charge < -0.3 is 19.2 Å². The van der Waals surface area contributed by atoms with E-state index in [1.165, 1.54) is 0 Å². The first-order valence-corrected chi connectivity index (χ1v) is 9.85. The molecular weight excluding hydrogens is 374 g/mol. The Kier molecular flexibility index (Phi) is 4.39. The van der Waals surface area contributed by atoms with E-state index in [1.54, 1.807) is 12.3 Å². The number of H-pyrrole nitrogens is 1. The molecule has 29 heavy (non-hydrogen) atoms. The van der Waals surface area contributed by atoms with Crippen LogP contribution in [0.4, 0.5) is 5.95 Å². The van der Waals surface area contributed by atoms with Gasteiger partial charge in [-0.3, -0.25) is 14.8 Å². The molecule has 0 saturated carbocycles. The van der Waals surface area contributed by atoms with Crippen LogP contribution in [0.15, 0.2) is 24.4 Å². The Hall–Kier alpha value is -3.07. The van der Waals surface area contributed by atoms with E-state index in [0.717, 1.165) is 24.1 Å². The average Bonchev–Trinajstić information content (AvgIpc) is 3.44. The predicted molar refractivity (Wildman–Crippen MR) is 105 cm³/mol. The highest BCUT2D eigenvalue weighted by Crippen LogP contribution is 2.37. The summed E-state index contributed by atoms with van der Waals surface area (Å²) >= 11 is 0. The van der Waals surface area contributed by atoms with Gasteiger partial charge in [0.2, 0.25) is 18.6 Å². The van der Waals surface area contributed by atoms with E-state index < -0.39 is 0 Å². The van der Waals surface area contributed by atoms with E-state index in [9.17, 15) is 4.79 Å². The van der Waals surface area contributed by atoms with Crippen molar-refractivity contribution in [3.05, 3.63) is 30.1 Å². The summed E-state index contributed by atoms with van der Waals surface area (Å²) in [6.45, 7) is 4.97. The Morgan fingerprint density at radius 3 is 2.97 bits per heavy atom. The summed E-state index contributed by atoms with van der Waals surface area (Å²) in [6.07, 6.45) is 3.01. The van der Waals surface area contributed by atoms with Gasteiger partial charge in [-0.05, 0) is 32.8 Å². The Morgan fingerprint density at radius 2 is 2.14 bits per heavy atom. The van der Waals surface area contributed by atoms with Gasteiger partial charge in [-0.25, -0.2) is 4.98 Å². The minimum atomic E-state index is -0.330. The first-order valence-electron chi connectivity index (χ1n) is 9.85. The molecule has 0 spiro atoms. The molecule has 5 rings (SSSR count). The fourth-order valence-corrected chi connectivity index (χ4v) is 3.99. The molecule has 4 heterocycles.